The lowest BCUT2D eigenvalue weighted by molar-refractivity contribution is -0.145. The Kier molecular flexibility index (Phi) is 5.56. The summed E-state index contributed by atoms with van der Waals surface area (Å²) in [6.07, 6.45) is 3.02. The van der Waals surface area contributed by atoms with Crippen LogP contribution < -0.4 is 10.6 Å². The number of nitrogens with one attached hydrogen (secondary N) is 2. The number of hydrogen-bond donors (Lipinski definition) is 2. The van der Waals surface area contributed by atoms with Crippen molar-refractivity contribution in [2.24, 2.45) is 16.7 Å². The SMILES string of the molecule is CC(C)(C)C(=O)NCC1CCCN(C(=O)C2(C)CCC(=O)NC2)C1. The molecule has 0 aliphatic carbocycles. The third-order valence-corrected chi connectivity index (χ3v) is 5.13. The van der Waals surface area contributed by atoms with Crippen LogP contribution in [0.2, 0.25) is 0 Å². The minimum absolute atomic E-state index is 0.0293. The third kappa shape index (κ3) is 4.48. The van der Waals surface area contributed by atoms with E-state index < -0.39 is 10.8 Å². The maximum Gasteiger partial charge on any atom is 0.230 e. The van der Waals surface area contributed by atoms with Gasteiger partial charge < -0.3 is 15.5 Å². The van der Waals surface area contributed by atoms with Crippen LogP contribution in [0.5, 0.6) is 0 Å². The van der Waals surface area contributed by atoms with E-state index in [1.165, 1.54) is 0 Å². The molecule has 0 saturated carbocycles. The number of rotatable bonds is 3. The van der Waals surface area contributed by atoms with Crippen LogP contribution in [0.1, 0.15) is 53.4 Å². The first-order valence-electron chi connectivity index (χ1n) is 8.96. The Morgan fingerprint density at radius 2 is 2.08 bits per heavy atom. The zero-order valence-electron chi connectivity index (χ0n) is 15.4. The normalized spacial score (nSPS) is 28.2. The molecule has 0 aromatic rings. The highest BCUT2D eigenvalue weighted by Crippen LogP contribution is 2.30. The molecule has 2 N–H and O–H groups in total. The summed E-state index contributed by atoms with van der Waals surface area (Å²) in [5.41, 5.74) is -0.886. The largest absolute Gasteiger partial charge is 0.355 e. The van der Waals surface area contributed by atoms with Crippen molar-refractivity contribution in [3.05, 3.63) is 0 Å². The van der Waals surface area contributed by atoms with Crippen molar-refractivity contribution in [1.82, 2.24) is 15.5 Å². The van der Waals surface area contributed by atoms with Crippen LogP contribution in [0.4, 0.5) is 0 Å². The van der Waals surface area contributed by atoms with Crippen LogP contribution >= 0.6 is 0 Å². The van der Waals surface area contributed by atoms with Gasteiger partial charge in [0.05, 0.1) is 5.41 Å². The van der Waals surface area contributed by atoms with Crippen LogP contribution in [-0.4, -0.2) is 48.8 Å². The fourth-order valence-corrected chi connectivity index (χ4v) is 3.34. The van der Waals surface area contributed by atoms with Crippen molar-refractivity contribution < 1.29 is 14.4 Å². The Balaban J connectivity index is 1.89. The molecular formula is C18H31N3O3. The lowest BCUT2D eigenvalue weighted by Gasteiger charge is -2.40. The van der Waals surface area contributed by atoms with Gasteiger partial charge in [0.1, 0.15) is 0 Å². The number of hydrogen-bond acceptors (Lipinski definition) is 3. The highest BCUT2D eigenvalue weighted by molar-refractivity contribution is 5.86. The lowest BCUT2D eigenvalue weighted by atomic mass is 9.80. The molecule has 2 unspecified atom stereocenters. The molecule has 0 spiro atoms. The summed E-state index contributed by atoms with van der Waals surface area (Å²) in [7, 11) is 0. The summed E-state index contributed by atoms with van der Waals surface area (Å²) in [5, 5.41) is 5.83. The van der Waals surface area contributed by atoms with E-state index in [2.05, 4.69) is 10.6 Å². The van der Waals surface area contributed by atoms with Crippen molar-refractivity contribution >= 4 is 17.7 Å². The van der Waals surface area contributed by atoms with Crippen LogP contribution in [0.3, 0.4) is 0 Å². The van der Waals surface area contributed by atoms with E-state index in [-0.39, 0.29) is 17.7 Å². The molecule has 2 aliphatic rings. The maximum atomic E-state index is 12.9. The van der Waals surface area contributed by atoms with Gasteiger partial charge in [0.15, 0.2) is 0 Å². The van der Waals surface area contributed by atoms with Gasteiger partial charge in [-0.15, -0.1) is 0 Å². The van der Waals surface area contributed by atoms with E-state index in [1.54, 1.807) is 0 Å². The minimum Gasteiger partial charge on any atom is -0.355 e. The van der Waals surface area contributed by atoms with Crippen molar-refractivity contribution in [3.63, 3.8) is 0 Å². The Morgan fingerprint density at radius 1 is 1.38 bits per heavy atom. The lowest BCUT2D eigenvalue weighted by Crippen LogP contribution is -2.54. The quantitative estimate of drug-likeness (QED) is 0.815. The molecule has 2 aliphatic heterocycles. The molecule has 2 rings (SSSR count). The topological polar surface area (TPSA) is 78.5 Å². The molecular weight excluding hydrogens is 306 g/mol. The second-order valence-electron chi connectivity index (χ2n) is 8.56. The summed E-state index contributed by atoms with van der Waals surface area (Å²) < 4.78 is 0. The van der Waals surface area contributed by atoms with Gasteiger partial charge in [-0.05, 0) is 32.1 Å². The molecule has 2 saturated heterocycles. The highest BCUT2D eigenvalue weighted by Gasteiger charge is 2.40. The average molecular weight is 337 g/mol. The maximum absolute atomic E-state index is 12.9. The number of carbonyl (C=O) groups excluding carboxylic acids is 3. The average Bonchev–Trinajstić information content (AvgIpc) is 2.54. The Labute approximate surface area is 144 Å². The van der Waals surface area contributed by atoms with Crippen molar-refractivity contribution in [2.45, 2.75) is 53.4 Å². The molecule has 0 bridgehead atoms. The first-order valence-corrected chi connectivity index (χ1v) is 8.96. The number of piperidine rings is 2. The van der Waals surface area contributed by atoms with E-state index in [0.29, 0.717) is 38.4 Å². The summed E-state index contributed by atoms with van der Waals surface area (Å²) in [4.78, 5) is 38.2. The molecule has 0 aromatic heterocycles. The number of amides is 3. The summed E-state index contributed by atoms with van der Waals surface area (Å²) in [5.74, 6) is 0.514. The molecule has 24 heavy (non-hydrogen) atoms. The van der Waals surface area contributed by atoms with Crippen LogP contribution in [0.25, 0.3) is 0 Å². The van der Waals surface area contributed by atoms with Gasteiger partial charge in [-0.2, -0.15) is 0 Å². The molecule has 6 nitrogen and oxygen atoms in total. The first-order chi connectivity index (χ1) is 11.1. The summed E-state index contributed by atoms with van der Waals surface area (Å²) in [6.45, 7) is 10.1. The van der Waals surface area contributed by atoms with Gasteiger partial charge in [-0.1, -0.05) is 20.8 Å². The summed E-state index contributed by atoms with van der Waals surface area (Å²) >= 11 is 0. The summed E-state index contributed by atoms with van der Waals surface area (Å²) in [6, 6.07) is 0. The monoisotopic (exact) mass is 337 g/mol. The second kappa shape index (κ2) is 7.11. The molecule has 2 heterocycles. The van der Waals surface area contributed by atoms with E-state index in [0.717, 1.165) is 19.4 Å². The predicted octanol–water partition coefficient (Wildman–Crippen LogP) is 1.30. The van der Waals surface area contributed by atoms with Crippen molar-refractivity contribution in [1.29, 1.82) is 0 Å². The number of likely N-dealkylation sites (tertiary alicyclic amines) is 1. The first kappa shape index (κ1) is 18.7. The molecule has 2 fully saturated rings. The fraction of sp³-hybridized carbons (Fsp3) is 0.833. The van der Waals surface area contributed by atoms with Crippen LogP contribution in [-0.2, 0) is 14.4 Å². The van der Waals surface area contributed by atoms with Crippen molar-refractivity contribution in [3.8, 4) is 0 Å². The van der Waals surface area contributed by atoms with E-state index in [9.17, 15) is 14.4 Å². The molecule has 2 atom stereocenters. The molecule has 0 radical (unpaired) electrons. The van der Waals surface area contributed by atoms with Gasteiger partial charge in [0, 0.05) is 38.0 Å². The minimum atomic E-state index is -0.496. The van der Waals surface area contributed by atoms with E-state index in [4.69, 9.17) is 0 Å². The van der Waals surface area contributed by atoms with Crippen LogP contribution in [0, 0.1) is 16.7 Å². The Morgan fingerprint density at radius 3 is 2.67 bits per heavy atom. The molecule has 136 valence electrons. The van der Waals surface area contributed by atoms with Crippen molar-refractivity contribution in [2.75, 3.05) is 26.2 Å². The Bertz CT molecular complexity index is 500. The Hall–Kier alpha value is -1.59. The standard InChI is InChI=1S/C18H31N3O3/c1-17(2,3)15(23)19-10-13-6-5-9-21(11-13)16(24)18(4)8-7-14(22)20-12-18/h13H,5-12H2,1-4H3,(H,19,23)(H,20,22). The van der Waals surface area contributed by atoms with Gasteiger partial charge in [-0.25, -0.2) is 0 Å². The zero-order chi connectivity index (χ0) is 18.0. The zero-order valence-corrected chi connectivity index (χ0v) is 15.4. The van der Waals surface area contributed by atoms with Gasteiger partial charge >= 0.3 is 0 Å². The van der Waals surface area contributed by atoms with Crippen LogP contribution in [0.15, 0.2) is 0 Å². The molecule has 6 heteroatoms. The second-order valence-corrected chi connectivity index (χ2v) is 8.56. The molecule has 0 aromatic carbocycles. The van der Waals surface area contributed by atoms with Gasteiger partial charge in [-0.3, -0.25) is 14.4 Å². The van der Waals surface area contributed by atoms with E-state index >= 15 is 0 Å². The third-order valence-electron chi connectivity index (χ3n) is 5.13. The van der Waals surface area contributed by atoms with Gasteiger partial charge in [0.25, 0.3) is 0 Å². The smallest absolute Gasteiger partial charge is 0.230 e. The number of carbonyl (C=O) groups is 3. The fourth-order valence-electron chi connectivity index (χ4n) is 3.34. The van der Waals surface area contributed by atoms with Gasteiger partial charge in [0.2, 0.25) is 17.7 Å². The highest BCUT2D eigenvalue weighted by atomic mass is 16.2. The van der Waals surface area contributed by atoms with E-state index in [1.807, 2.05) is 32.6 Å². The number of nitrogens with zero attached hydrogens (tertiary/aromatic N) is 1. The predicted molar refractivity (Wildman–Crippen MR) is 92.1 cm³/mol. The molecule has 3 amide bonds.